The van der Waals surface area contributed by atoms with Gasteiger partial charge in [-0.3, -0.25) is 14.6 Å². The number of anilines is 1. The fourth-order valence-corrected chi connectivity index (χ4v) is 3.53. The van der Waals surface area contributed by atoms with Crippen molar-refractivity contribution >= 4 is 11.9 Å². The van der Waals surface area contributed by atoms with E-state index >= 15 is 0 Å². The van der Waals surface area contributed by atoms with Crippen LogP contribution < -0.4 is 15.2 Å². The van der Waals surface area contributed by atoms with Gasteiger partial charge in [0, 0.05) is 43.9 Å². The molecule has 2 heterocycles. The van der Waals surface area contributed by atoms with E-state index in [0.717, 1.165) is 11.3 Å². The summed E-state index contributed by atoms with van der Waals surface area (Å²) >= 11 is 0. The van der Waals surface area contributed by atoms with Crippen molar-refractivity contribution in [3.8, 4) is 5.75 Å². The van der Waals surface area contributed by atoms with Gasteiger partial charge in [-0.15, -0.1) is 0 Å². The second-order valence-corrected chi connectivity index (χ2v) is 7.31. The molecular formula is C22H30N4O4. The summed E-state index contributed by atoms with van der Waals surface area (Å²) in [5.74, 6) is 1.38. The zero-order chi connectivity index (χ0) is 21.5. The molecule has 1 aliphatic heterocycles. The number of nitrogens with zero attached hydrogens (tertiary/aromatic N) is 3. The summed E-state index contributed by atoms with van der Waals surface area (Å²) in [5.41, 5.74) is 2.11. The summed E-state index contributed by atoms with van der Waals surface area (Å²) in [7, 11) is 1.63. The minimum absolute atomic E-state index is 0.0179. The van der Waals surface area contributed by atoms with Crippen LogP contribution in [0.15, 0.2) is 29.1 Å². The molecule has 0 atom stereocenters. The number of benzene rings is 1. The third-order valence-corrected chi connectivity index (χ3v) is 5.38. The lowest BCUT2D eigenvalue weighted by molar-refractivity contribution is -0.131. The van der Waals surface area contributed by atoms with Crippen LogP contribution in [-0.2, 0) is 22.5 Å². The normalized spacial score (nSPS) is 13.9. The van der Waals surface area contributed by atoms with Gasteiger partial charge in [-0.25, -0.2) is 4.98 Å². The number of carbonyl (C=O) groups excluding carboxylic acids is 1. The van der Waals surface area contributed by atoms with Crippen molar-refractivity contribution in [3.63, 3.8) is 0 Å². The number of aromatic amines is 1. The second kappa shape index (κ2) is 10.2. The first-order valence-corrected chi connectivity index (χ1v) is 10.3. The molecule has 0 unspecified atom stereocenters. The van der Waals surface area contributed by atoms with Crippen molar-refractivity contribution in [1.29, 1.82) is 0 Å². The van der Waals surface area contributed by atoms with Crippen molar-refractivity contribution < 1.29 is 14.3 Å². The van der Waals surface area contributed by atoms with Crippen LogP contribution in [0.25, 0.3) is 0 Å². The molecule has 1 aromatic carbocycles. The molecule has 2 aromatic rings. The maximum absolute atomic E-state index is 12.8. The van der Waals surface area contributed by atoms with E-state index in [4.69, 9.17) is 9.47 Å². The maximum atomic E-state index is 12.8. The Morgan fingerprint density at radius 3 is 2.57 bits per heavy atom. The summed E-state index contributed by atoms with van der Waals surface area (Å²) in [6.45, 7) is 7.58. The van der Waals surface area contributed by atoms with Crippen LogP contribution in [0.2, 0.25) is 0 Å². The van der Waals surface area contributed by atoms with Gasteiger partial charge in [0.15, 0.2) is 0 Å². The lowest BCUT2D eigenvalue weighted by Crippen LogP contribution is -2.38. The van der Waals surface area contributed by atoms with E-state index in [1.807, 2.05) is 43.0 Å². The molecular weight excluding hydrogens is 384 g/mol. The molecule has 1 N–H and O–H groups in total. The molecule has 8 heteroatoms. The summed E-state index contributed by atoms with van der Waals surface area (Å²) in [4.78, 5) is 36.6. The Hall–Kier alpha value is -2.87. The van der Waals surface area contributed by atoms with Gasteiger partial charge in [-0.05, 0) is 38.0 Å². The summed E-state index contributed by atoms with van der Waals surface area (Å²) in [5, 5.41) is 0. The molecule has 0 saturated carbocycles. The molecule has 0 radical (unpaired) electrons. The SMILES string of the molecule is CCN(Cc1ccc(OC)cc1)C(=O)CCc1c(C)nc(N2CCOCC2)[nH]c1=O. The topological polar surface area (TPSA) is 87.8 Å². The molecule has 30 heavy (non-hydrogen) atoms. The number of morpholine rings is 1. The van der Waals surface area contributed by atoms with Crippen LogP contribution in [-0.4, -0.2) is 60.7 Å². The van der Waals surface area contributed by atoms with Gasteiger partial charge in [-0.1, -0.05) is 12.1 Å². The van der Waals surface area contributed by atoms with E-state index in [0.29, 0.717) is 63.0 Å². The van der Waals surface area contributed by atoms with Crippen LogP contribution in [0.4, 0.5) is 5.95 Å². The lowest BCUT2D eigenvalue weighted by atomic mass is 10.1. The molecule has 1 amide bonds. The van der Waals surface area contributed by atoms with Gasteiger partial charge in [-0.2, -0.15) is 0 Å². The Morgan fingerprint density at radius 2 is 1.97 bits per heavy atom. The van der Waals surface area contributed by atoms with Gasteiger partial charge >= 0.3 is 0 Å². The van der Waals surface area contributed by atoms with Crippen LogP contribution >= 0.6 is 0 Å². The van der Waals surface area contributed by atoms with Gasteiger partial charge in [0.1, 0.15) is 5.75 Å². The number of H-pyrrole nitrogens is 1. The van der Waals surface area contributed by atoms with E-state index in [9.17, 15) is 9.59 Å². The first-order valence-electron chi connectivity index (χ1n) is 10.3. The number of rotatable bonds is 8. The van der Waals surface area contributed by atoms with Crippen LogP contribution in [0, 0.1) is 6.92 Å². The Morgan fingerprint density at radius 1 is 1.27 bits per heavy atom. The van der Waals surface area contributed by atoms with Crippen molar-refractivity contribution in [2.24, 2.45) is 0 Å². The minimum atomic E-state index is -0.171. The Bertz CT molecular complexity index is 904. The van der Waals surface area contributed by atoms with E-state index in [1.165, 1.54) is 0 Å². The minimum Gasteiger partial charge on any atom is -0.497 e. The van der Waals surface area contributed by atoms with E-state index in [2.05, 4.69) is 9.97 Å². The van der Waals surface area contributed by atoms with Crippen molar-refractivity contribution in [1.82, 2.24) is 14.9 Å². The molecule has 1 aliphatic rings. The third-order valence-electron chi connectivity index (χ3n) is 5.38. The number of methoxy groups -OCH3 is 1. The zero-order valence-electron chi connectivity index (χ0n) is 17.9. The number of amides is 1. The molecule has 1 aromatic heterocycles. The fraction of sp³-hybridized carbons (Fsp3) is 0.500. The molecule has 1 saturated heterocycles. The summed E-state index contributed by atoms with van der Waals surface area (Å²) in [6.07, 6.45) is 0.641. The van der Waals surface area contributed by atoms with Gasteiger partial charge in [0.05, 0.1) is 20.3 Å². The monoisotopic (exact) mass is 414 g/mol. The molecule has 1 fully saturated rings. The third kappa shape index (κ3) is 5.38. The average Bonchev–Trinajstić information content (AvgIpc) is 2.77. The van der Waals surface area contributed by atoms with Gasteiger partial charge < -0.3 is 19.3 Å². The number of aryl methyl sites for hydroxylation is 1. The molecule has 162 valence electrons. The number of aromatic nitrogens is 2. The Kier molecular flexibility index (Phi) is 7.46. The van der Waals surface area contributed by atoms with E-state index in [1.54, 1.807) is 12.0 Å². The number of carbonyl (C=O) groups is 1. The van der Waals surface area contributed by atoms with Crippen LogP contribution in [0.5, 0.6) is 5.75 Å². The second-order valence-electron chi connectivity index (χ2n) is 7.31. The first-order chi connectivity index (χ1) is 14.5. The Balaban J connectivity index is 1.62. The zero-order valence-corrected chi connectivity index (χ0v) is 17.9. The van der Waals surface area contributed by atoms with E-state index < -0.39 is 0 Å². The fourth-order valence-electron chi connectivity index (χ4n) is 3.53. The maximum Gasteiger partial charge on any atom is 0.255 e. The van der Waals surface area contributed by atoms with Crippen molar-refractivity contribution in [2.45, 2.75) is 33.2 Å². The number of hydrogen-bond donors (Lipinski definition) is 1. The highest BCUT2D eigenvalue weighted by Gasteiger charge is 2.18. The van der Waals surface area contributed by atoms with E-state index in [-0.39, 0.29) is 17.9 Å². The average molecular weight is 415 g/mol. The first kappa shape index (κ1) is 21.8. The predicted octanol–water partition coefficient (Wildman–Crippen LogP) is 1.90. The largest absolute Gasteiger partial charge is 0.497 e. The smallest absolute Gasteiger partial charge is 0.255 e. The van der Waals surface area contributed by atoms with Crippen molar-refractivity contribution in [3.05, 3.63) is 51.4 Å². The molecule has 0 aliphatic carbocycles. The standard InChI is InChI=1S/C22H30N4O4/c1-4-25(15-17-5-7-18(29-3)8-6-17)20(27)10-9-19-16(2)23-22(24-21(19)28)26-11-13-30-14-12-26/h5-8H,4,9-15H2,1-3H3,(H,23,24,28). The molecule has 0 bridgehead atoms. The number of ether oxygens (including phenoxy) is 2. The van der Waals surface area contributed by atoms with Gasteiger partial charge in [0.25, 0.3) is 5.56 Å². The predicted molar refractivity (Wildman–Crippen MR) is 115 cm³/mol. The number of nitrogens with one attached hydrogen (secondary N) is 1. The van der Waals surface area contributed by atoms with Crippen LogP contribution in [0.1, 0.15) is 30.2 Å². The highest BCUT2D eigenvalue weighted by Crippen LogP contribution is 2.15. The Labute approximate surface area is 176 Å². The van der Waals surface area contributed by atoms with Crippen LogP contribution in [0.3, 0.4) is 0 Å². The molecule has 0 spiro atoms. The summed E-state index contributed by atoms with van der Waals surface area (Å²) in [6, 6.07) is 7.69. The van der Waals surface area contributed by atoms with Crippen molar-refractivity contribution in [2.75, 3.05) is 44.9 Å². The number of hydrogen-bond acceptors (Lipinski definition) is 6. The highest BCUT2D eigenvalue weighted by molar-refractivity contribution is 5.76. The summed E-state index contributed by atoms with van der Waals surface area (Å²) < 4.78 is 10.5. The lowest BCUT2D eigenvalue weighted by Gasteiger charge is -2.27. The quantitative estimate of drug-likeness (QED) is 0.710. The highest BCUT2D eigenvalue weighted by atomic mass is 16.5. The van der Waals surface area contributed by atoms with Gasteiger partial charge in [0.2, 0.25) is 11.9 Å². The molecule has 3 rings (SSSR count). The molecule has 8 nitrogen and oxygen atoms in total.